The van der Waals surface area contributed by atoms with Crippen molar-refractivity contribution < 1.29 is 27.8 Å². The summed E-state index contributed by atoms with van der Waals surface area (Å²) in [6.45, 7) is -0.731. The van der Waals surface area contributed by atoms with E-state index >= 15 is 0 Å². The van der Waals surface area contributed by atoms with Crippen LogP contribution >= 0.6 is 0 Å². The van der Waals surface area contributed by atoms with Crippen molar-refractivity contribution in [1.82, 2.24) is 0 Å². The van der Waals surface area contributed by atoms with Gasteiger partial charge in [0.1, 0.15) is 0 Å². The molecule has 0 bridgehead atoms. The number of alkyl halides is 3. The molecule has 0 atom stereocenters. The number of rotatable bonds is 2. The van der Waals surface area contributed by atoms with Crippen LogP contribution in [0.2, 0.25) is 0 Å². The minimum Gasteiger partial charge on any atom is -0.465 e. The summed E-state index contributed by atoms with van der Waals surface area (Å²) in [5.41, 5.74) is -2.20. The van der Waals surface area contributed by atoms with E-state index in [0.717, 1.165) is 7.11 Å². The zero-order chi connectivity index (χ0) is 13.9. The van der Waals surface area contributed by atoms with E-state index < -0.39 is 35.4 Å². The van der Waals surface area contributed by atoms with Crippen LogP contribution in [0.3, 0.4) is 0 Å². The normalized spacial score (nSPS) is 10.9. The van der Waals surface area contributed by atoms with Crippen molar-refractivity contribution in [3.8, 4) is 6.07 Å². The van der Waals surface area contributed by atoms with Gasteiger partial charge in [-0.15, -0.1) is 0 Å². The summed E-state index contributed by atoms with van der Waals surface area (Å²) in [6.07, 6.45) is -4.69. The molecule has 1 aromatic carbocycles. The van der Waals surface area contributed by atoms with Crippen molar-refractivity contribution in [2.24, 2.45) is 0 Å². The van der Waals surface area contributed by atoms with E-state index in [0.29, 0.717) is 12.1 Å². The fraction of sp³-hybridized carbons (Fsp3) is 0.273. The fourth-order valence-electron chi connectivity index (χ4n) is 1.40. The van der Waals surface area contributed by atoms with Crippen LogP contribution in [0.25, 0.3) is 0 Å². The summed E-state index contributed by atoms with van der Waals surface area (Å²) in [6, 6.07) is 2.65. The lowest BCUT2D eigenvalue weighted by molar-refractivity contribution is -0.137. The predicted octanol–water partition coefficient (Wildman–Crippen LogP) is 1.86. The van der Waals surface area contributed by atoms with Crippen molar-refractivity contribution >= 4 is 5.97 Å². The number of hydrogen-bond acceptors (Lipinski definition) is 4. The number of carbonyl (C=O) groups excluding carboxylic acids is 1. The number of hydrogen-bond donors (Lipinski definition) is 1. The second-order valence-electron chi connectivity index (χ2n) is 3.31. The van der Waals surface area contributed by atoms with Crippen LogP contribution in [0, 0.1) is 11.3 Å². The molecule has 7 heteroatoms. The molecule has 0 aliphatic heterocycles. The molecule has 4 nitrogen and oxygen atoms in total. The summed E-state index contributed by atoms with van der Waals surface area (Å²) in [5, 5.41) is 17.8. The number of methoxy groups -OCH3 is 1. The van der Waals surface area contributed by atoms with E-state index in [4.69, 9.17) is 10.4 Å². The quantitative estimate of drug-likeness (QED) is 0.823. The zero-order valence-electron chi connectivity index (χ0n) is 9.21. The monoisotopic (exact) mass is 259 g/mol. The van der Waals surface area contributed by atoms with Gasteiger partial charge in [0, 0.05) is 5.56 Å². The fourth-order valence-corrected chi connectivity index (χ4v) is 1.40. The number of nitriles is 1. The van der Waals surface area contributed by atoms with Gasteiger partial charge in [-0.3, -0.25) is 0 Å². The number of ether oxygens (including phenoxy) is 1. The Morgan fingerprint density at radius 1 is 1.50 bits per heavy atom. The predicted molar refractivity (Wildman–Crippen MR) is 53.4 cm³/mol. The van der Waals surface area contributed by atoms with Gasteiger partial charge in [0.15, 0.2) is 0 Å². The zero-order valence-corrected chi connectivity index (χ0v) is 9.21. The Bertz CT molecular complexity index is 517. The van der Waals surface area contributed by atoms with Crippen LogP contribution < -0.4 is 0 Å². The minimum atomic E-state index is -4.69. The minimum absolute atomic E-state index is 0.183. The summed E-state index contributed by atoms with van der Waals surface area (Å²) in [4.78, 5) is 11.3. The maximum Gasteiger partial charge on any atom is 0.416 e. The third kappa shape index (κ3) is 2.60. The molecule has 0 fully saturated rings. The number of esters is 1. The molecule has 1 N–H and O–H groups in total. The first kappa shape index (κ1) is 14.0. The summed E-state index contributed by atoms with van der Waals surface area (Å²) >= 11 is 0. The van der Waals surface area contributed by atoms with Crippen molar-refractivity contribution in [1.29, 1.82) is 5.26 Å². The van der Waals surface area contributed by atoms with Crippen LogP contribution in [0.5, 0.6) is 0 Å². The van der Waals surface area contributed by atoms with E-state index in [-0.39, 0.29) is 5.56 Å². The molecule has 0 amide bonds. The van der Waals surface area contributed by atoms with Crippen molar-refractivity contribution in [2.45, 2.75) is 12.8 Å². The molecule has 0 saturated heterocycles. The molecule has 0 heterocycles. The number of halogens is 3. The van der Waals surface area contributed by atoms with Gasteiger partial charge < -0.3 is 9.84 Å². The smallest absolute Gasteiger partial charge is 0.416 e. The number of benzene rings is 1. The highest BCUT2D eigenvalue weighted by molar-refractivity contribution is 5.92. The maximum absolute atomic E-state index is 12.6. The molecule has 1 rings (SSSR count). The van der Waals surface area contributed by atoms with Gasteiger partial charge in [-0.1, -0.05) is 0 Å². The molecule has 1 aromatic rings. The number of aliphatic hydroxyl groups excluding tert-OH is 1. The molecular formula is C11H8F3NO3. The van der Waals surface area contributed by atoms with Gasteiger partial charge in [0.2, 0.25) is 0 Å². The molecule has 96 valence electrons. The van der Waals surface area contributed by atoms with E-state index in [2.05, 4.69) is 4.74 Å². The molecule has 0 aromatic heterocycles. The number of aliphatic hydroxyl groups is 1. The molecular weight excluding hydrogens is 251 g/mol. The van der Waals surface area contributed by atoms with Crippen LogP contribution in [0.4, 0.5) is 13.2 Å². The highest BCUT2D eigenvalue weighted by Gasteiger charge is 2.33. The highest BCUT2D eigenvalue weighted by Crippen LogP contribution is 2.32. The Labute approximate surface area is 100 Å². The Balaban J connectivity index is 3.57. The third-order valence-electron chi connectivity index (χ3n) is 2.26. The van der Waals surface area contributed by atoms with Gasteiger partial charge in [0.05, 0.1) is 36.5 Å². The Morgan fingerprint density at radius 2 is 2.11 bits per heavy atom. The van der Waals surface area contributed by atoms with E-state index in [9.17, 15) is 18.0 Å². The molecule has 0 radical (unpaired) electrons. The van der Waals surface area contributed by atoms with Gasteiger partial charge in [-0.25, -0.2) is 4.79 Å². The van der Waals surface area contributed by atoms with Crippen LogP contribution in [-0.2, 0) is 17.5 Å². The molecule has 0 spiro atoms. The average Bonchev–Trinajstić information content (AvgIpc) is 2.34. The van der Waals surface area contributed by atoms with Crippen molar-refractivity contribution in [2.75, 3.05) is 7.11 Å². The topological polar surface area (TPSA) is 70.3 Å². The van der Waals surface area contributed by atoms with E-state index in [1.54, 1.807) is 0 Å². The largest absolute Gasteiger partial charge is 0.465 e. The second-order valence-corrected chi connectivity index (χ2v) is 3.31. The molecule has 0 aliphatic carbocycles. The maximum atomic E-state index is 12.6. The molecule has 0 saturated carbocycles. The summed E-state index contributed by atoms with van der Waals surface area (Å²) < 4.78 is 42.0. The van der Waals surface area contributed by atoms with Gasteiger partial charge in [0.25, 0.3) is 0 Å². The number of carbonyl (C=O) groups is 1. The average molecular weight is 259 g/mol. The molecule has 0 unspecified atom stereocenters. The van der Waals surface area contributed by atoms with Gasteiger partial charge in [-0.2, -0.15) is 18.4 Å². The van der Waals surface area contributed by atoms with E-state index in [1.807, 2.05) is 0 Å². The first-order valence-electron chi connectivity index (χ1n) is 4.68. The first-order chi connectivity index (χ1) is 8.35. The summed E-state index contributed by atoms with van der Waals surface area (Å²) in [5.74, 6) is -1.04. The molecule has 18 heavy (non-hydrogen) atoms. The SMILES string of the molecule is COC(=O)c1cc(C(F)(F)F)cc(C#N)c1CO. The number of nitrogens with zero attached hydrogens (tertiary/aromatic N) is 1. The summed E-state index contributed by atoms with van der Waals surface area (Å²) in [7, 11) is 0.996. The standard InChI is InChI=1S/C11H8F3NO3/c1-18-10(17)8-3-7(11(12,13)14)2-6(4-15)9(8)5-16/h2-3,16H,5H2,1H3. The Morgan fingerprint density at radius 3 is 2.50 bits per heavy atom. The van der Waals surface area contributed by atoms with Crippen molar-refractivity contribution in [3.63, 3.8) is 0 Å². The second kappa shape index (κ2) is 5.06. The van der Waals surface area contributed by atoms with Crippen molar-refractivity contribution in [3.05, 3.63) is 34.4 Å². The van der Waals surface area contributed by atoms with Crippen LogP contribution in [-0.4, -0.2) is 18.2 Å². The molecule has 0 aliphatic rings. The third-order valence-corrected chi connectivity index (χ3v) is 2.26. The van der Waals surface area contributed by atoms with Crippen LogP contribution in [0.1, 0.15) is 27.0 Å². The lowest BCUT2D eigenvalue weighted by Crippen LogP contribution is -2.13. The van der Waals surface area contributed by atoms with E-state index in [1.165, 1.54) is 6.07 Å². The highest BCUT2D eigenvalue weighted by atomic mass is 19.4. The lowest BCUT2D eigenvalue weighted by Gasteiger charge is -2.12. The Hall–Kier alpha value is -2.07. The van der Waals surface area contributed by atoms with Crippen LogP contribution in [0.15, 0.2) is 12.1 Å². The Kier molecular flexibility index (Phi) is 3.93. The first-order valence-corrected chi connectivity index (χ1v) is 4.68. The van der Waals surface area contributed by atoms with Gasteiger partial charge in [-0.05, 0) is 12.1 Å². The lowest BCUT2D eigenvalue weighted by atomic mass is 9.98. The van der Waals surface area contributed by atoms with Gasteiger partial charge >= 0.3 is 12.1 Å².